The van der Waals surface area contributed by atoms with Gasteiger partial charge in [-0.15, -0.1) is 10.2 Å². The van der Waals surface area contributed by atoms with Gasteiger partial charge in [0.25, 0.3) is 0 Å². The SMILES string of the molecule is Cc1nnc(C(=O)NC2CCC(Oc3cccnc3C)CC2)o1. The fraction of sp³-hybridized carbons (Fsp3) is 0.500. The number of nitrogens with one attached hydrogen (secondary N) is 1. The lowest BCUT2D eigenvalue weighted by atomic mass is 9.93. The average Bonchev–Trinajstić information content (AvgIpc) is 2.98. The molecule has 1 aliphatic rings. The summed E-state index contributed by atoms with van der Waals surface area (Å²) >= 11 is 0. The molecule has 0 spiro atoms. The van der Waals surface area contributed by atoms with Gasteiger partial charge in [-0.3, -0.25) is 9.78 Å². The van der Waals surface area contributed by atoms with E-state index in [1.165, 1.54) is 0 Å². The zero-order valence-electron chi connectivity index (χ0n) is 13.3. The number of nitrogens with zero attached hydrogens (tertiary/aromatic N) is 3. The molecular weight excluding hydrogens is 296 g/mol. The summed E-state index contributed by atoms with van der Waals surface area (Å²) in [6.07, 6.45) is 5.43. The van der Waals surface area contributed by atoms with Crippen LogP contribution in [-0.4, -0.2) is 33.2 Å². The maximum Gasteiger partial charge on any atom is 0.309 e. The molecule has 2 aromatic heterocycles. The molecule has 0 aromatic carbocycles. The maximum atomic E-state index is 12.0. The summed E-state index contributed by atoms with van der Waals surface area (Å²) in [4.78, 5) is 16.2. The van der Waals surface area contributed by atoms with Crippen LogP contribution in [0.3, 0.4) is 0 Å². The van der Waals surface area contributed by atoms with Crippen LogP contribution in [0.2, 0.25) is 0 Å². The van der Waals surface area contributed by atoms with Crippen molar-refractivity contribution in [1.82, 2.24) is 20.5 Å². The molecule has 1 fully saturated rings. The van der Waals surface area contributed by atoms with E-state index in [-0.39, 0.29) is 23.9 Å². The van der Waals surface area contributed by atoms with Crippen LogP contribution in [0, 0.1) is 13.8 Å². The lowest BCUT2D eigenvalue weighted by Gasteiger charge is -2.29. The maximum absolute atomic E-state index is 12.0. The molecule has 0 saturated heterocycles. The number of aryl methyl sites for hydroxylation is 2. The predicted molar refractivity (Wildman–Crippen MR) is 82.1 cm³/mol. The molecule has 0 unspecified atom stereocenters. The molecule has 7 nitrogen and oxygen atoms in total. The van der Waals surface area contributed by atoms with Gasteiger partial charge in [-0.2, -0.15) is 0 Å². The van der Waals surface area contributed by atoms with Crippen LogP contribution in [0.1, 0.15) is 48.0 Å². The summed E-state index contributed by atoms with van der Waals surface area (Å²) in [7, 11) is 0. The first-order chi connectivity index (χ1) is 11.1. The Morgan fingerprint density at radius 1 is 1.26 bits per heavy atom. The number of ether oxygens (including phenoxy) is 1. The third kappa shape index (κ3) is 3.85. The Morgan fingerprint density at radius 3 is 2.70 bits per heavy atom. The Kier molecular flexibility index (Phi) is 4.55. The van der Waals surface area contributed by atoms with Crippen LogP contribution in [-0.2, 0) is 0 Å². The van der Waals surface area contributed by atoms with Gasteiger partial charge in [-0.05, 0) is 44.7 Å². The van der Waals surface area contributed by atoms with Gasteiger partial charge < -0.3 is 14.5 Å². The highest BCUT2D eigenvalue weighted by molar-refractivity contribution is 5.89. The molecule has 1 aliphatic carbocycles. The van der Waals surface area contributed by atoms with Crippen molar-refractivity contribution in [2.24, 2.45) is 0 Å². The van der Waals surface area contributed by atoms with Gasteiger partial charge in [0.05, 0.1) is 11.8 Å². The molecule has 122 valence electrons. The number of rotatable bonds is 4. The number of pyridine rings is 1. The quantitative estimate of drug-likeness (QED) is 0.930. The number of amides is 1. The molecule has 0 bridgehead atoms. The van der Waals surface area contributed by atoms with E-state index in [2.05, 4.69) is 20.5 Å². The molecule has 1 N–H and O–H groups in total. The first kappa shape index (κ1) is 15.5. The van der Waals surface area contributed by atoms with E-state index in [0.717, 1.165) is 37.1 Å². The molecule has 1 saturated carbocycles. The standard InChI is InChI=1S/C16H20N4O3/c1-10-14(4-3-9-17-10)23-13-7-5-12(6-8-13)18-15(21)16-20-19-11(2)22-16/h3-4,9,12-13H,5-8H2,1-2H3,(H,18,21). The molecule has 3 rings (SSSR count). The zero-order chi connectivity index (χ0) is 16.2. The second-order valence-electron chi connectivity index (χ2n) is 5.78. The molecule has 23 heavy (non-hydrogen) atoms. The Morgan fingerprint density at radius 2 is 2.04 bits per heavy atom. The first-order valence-electron chi connectivity index (χ1n) is 7.81. The van der Waals surface area contributed by atoms with Crippen LogP contribution in [0.4, 0.5) is 0 Å². The van der Waals surface area contributed by atoms with E-state index in [0.29, 0.717) is 5.89 Å². The van der Waals surface area contributed by atoms with E-state index >= 15 is 0 Å². The lowest BCUT2D eigenvalue weighted by molar-refractivity contribution is 0.0858. The number of carbonyl (C=O) groups excluding carboxylic acids is 1. The molecule has 2 heterocycles. The second kappa shape index (κ2) is 6.76. The van der Waals surface area contributed by atoms with E-state index in [1.54, 1.807) is 13.1 Å². The highest BCUT2D eigenvalue weighted by Crippen LogP contribution is 2.25. The Bertz CT molecular complexity index is 677. The second-order valence-corrected chi connectivity index (χ2v) is 5.78. The predicted octanol–water partition coefficient (Wildman–Crippen LogP) is 2.20. The van der Waals surface area contributed by atoms with Crippen molar-refractivity contribution in [2.75, 3.05) is 0 Å². The van der Waals surface area contributed by atoms with Gasteiger partial charge in [0.1, 0.15) is 5.75 Å². The number of carbonyl (C=O) groups is 1. The molecule has 7 heteroatoms. The number of hydrogen-bond acceptors (Lipinski definition) is 6. The van der Waals surface area contributed by atoms with Gasteiger partial charge in [-0.1, -0.05) is 0 Å². The summed E-state index contributed by atoms with van der Waals surface area (Å²) in [6.45, 7) is 3.60. The molecule has 0 radical (unpaired) electrons. The summed E-state index contributed by atoms with van der Waals surface area (Å²) < 4.78 is 11.1. The molecular formula is C16H20N4O3. The Labute approximate surface area is 134 Å². The zero-order valence-corrected chi connectivity index (χ0v) is 13.3. The van der Waals surface area contributed by atoms with Gasteiger partial charge >= 0.3 is 11.8 Å². The van der Waals surface area contributed by atoms with Gasteiger partial charge in [0.15, 0.2) is 0 Å². The topological polar surface area (TPSA) is 90.1 Å². The third-order valence-electron chi connectivity index (χ3n) is 3.98. The van der Waals surface area contributed by atoms with Gasteiger partial charge in [-0.25, -0.2) is 0 Å². The average molecular weight is 316 g/mol. The minimum Gasteiger partial charge on any atom is -0.489 e. The number of hydrogen-bond donors (Lipinski definition) is 1. The van der Waals surface area contributed by atoms with Crippen molar-refractivity contribution in [3.63, 3.8) is 0 Å². The van der Waals surface area contributed by atoms with Crippen molar-refractivity contribution in [2.45, 2.75) is 51.7 Å². The van der Waals surface area contributed by atoms with Crippen molar-refractivity contribution >= 4 is 5.91 Å². The van der Waals surface area contributed by atoms with Crippen molar-refractivity contribution in [3.05, 3.63) is 35.8 Å². The third-order valence-corrected chi connectivity index (χ3v) is 3.98. The van der Waals surface area contributed by atoms with E-state index in [1.807, 2.05) is 19.1 Å². The van der Waals surface area contributed by atoms with Crippen LogP contribution in [0.5, 0.6) is 5.75 Å². The first-order valence-corrected chi connectivity index (χ1v) is 7.81. The summed E-state index contributed by atoms with van der Waals surface area (Å²) in [6, 6.07) is 3.93. The highest BCUT2D eigenvalue weighted by atomic mass is 16.5. The van der Waals surface area contributed by atoms with Gasteiger partial charge in [0.2, 0.25) is 5.89 Å². The molecule has 1 amide bonds. The summed E-state index contributed by atoms with van der Waals surface area (Å²) in [5.41, 5.74) is 0.898. The van der Waals surface area contributed by atoms with Crippen LogP contribution in [0.15, 0.2) is 22.7 Å². The Balaban J connectivity index is 1.49. The van der Waals surface area contributed by atoms with Crippen LogP contribution >= 0.6 is 0 Å². The normalized spacial score (nSPS) is 21.0. The van der Waals surface area contributed by atoms with Crippen molar-refractivity contribution < 1.29 is 13.9 Å². The minimum absolute atomic E-state index is 0.0202. The number of aromatic nitrogens is 3. The van der Waals surface area contributed by atoms with Crippen LogP contribution in [0.25, 0.3) is 0 Å². The Hall–Kier alpha value is -2.44. The summed E-state index contributed by atoms with van der Waals surface area (Å²) in [5.74, 6) is 0.936. The van der Waals surface area contributed by atoms with E-state index < -0.39 is 0 Å². The van der Waals surface area contributed by atoms with E-state index in [9.17, 15) is 4.79 Å². The molecule has 0 atom stereocenters. The highest BCUT2D eigenvalue weighted by Gasteiger charge is 2.25. The van der Waals surface area contributed by atoms with Crippen LogP contribution < -0.4 is 10.1 Å². The fourth-order valence-electron chi connectivity index (χ4n) is 2.73. The van der Waals surface area contributed by atoms with Crippen molar-refractivity contribution in [1.29, 1.82) is 0 Å². The van der Waals surface area contributed by atoms with E-state index in [4.69, 9.17) is 9.15 Å². The summed E-state index contributed by atoms with van der Waals surface area (Å²) in [5, 5.41) is 10.3. The molecule has 2 aromatic rings. The fourth-order valence-corrected chi connectivity index (χ4v) is 2.73. The van der Waals surface area contributed by atoms with Gasteiger partial charge in [0, 0.05) is 19.2 Å². The smallest absolute Gasteiger partial charge is 0.309 e. The largest absolute Gasteiger partial charge is 0.489 e. The lowest BCUT2D eigenvalue weighted by Crippen LogP contribution is -2.39. The monoisotopic (exact) mass is 316 g/mol. The van der Waals surface area contributed by atoms with Crippen molar-refractivity contribution in [3.8, 4) is 5.75 Å². The minimum atomic E-state index is -0.307. The molecule has 0 aliphatic heterocycles.